The van der Waals surface area contributed by atoms with Gasteiger partial charge in [-0.3, -0.25) is 10.1 Å². The third-order valence-corrected chi connectivity index (χ3v) is 2.82. The number of hydrogen-bond acceptors (Lipinski definition) is 5. The van der Waals surface area contributed by atoms with E-state index < -0.39 is 4.92 Å². The fraction of sp³-hybridized carbons (Fsp3) is 0.727. The number of hydrogen-bond donors (Lipinski definition) is 2. The highest BCUT2D eigenvalue weighted by Gasteiger charge is 2.27. The van der Waals surface area contributed by atoms with Crippen LogP contribution in [0.2, 0.25) is 0 Å². The van der Waals surface area contributed by atoms with Crippen LogP contribution < -0.4 is 5.32 Å². The molecule has 0 fully saturated rings. The second-order valence-electron chi connectivity index (χ2n) is 4.21. The van der Waals surface area contributed by atoms with Crippen LogP contribution in [0, 0.1) is 10.1 Å². The molecule has 102 valence electrons. The Balaban J connectivity index is 3.12. The Morgan fingerprint density at radius 2 is 2.22 bits per heavy atom. The van der Waals surface area contributed by atoms with Gasteiger partial charge in [-0.05, 0) is 12.8 Å². The van der Waals surface area contributed by atoms with Gasteiger partial charge in [0, 0.05) is 7.05 Å². The largest absolute Gasteiger partial charge is 0.394 e. The van der Waals surface area contributed by atoms with Crippen LogP contribution in [0.4, 0.5) is 11.5 Å². The van der Waals surface area contributed by atoms with Gasteiger partial charge in [0.2, 0.25) is 5.82 Å². The molecule has 0 aliphatic carbocycles. The lowest BCUT2D eigenvalue weighted by Crippen LogP contribution is -2.24. The Kier molecular flexibility index (Phi) is 5.08. The molecule has 1 aromatic rings. The average molecular weight is 256 g/mol. The van der Waals surface area contributed by atoms with Gasteiger partial charge in [-0.2, -0.15) is 5.10 Å². The topological polar surface area (TPSA) is 93.2 Å². The van der Waals surface area contributed by atoms with E-state index in [0.717, 1.165) is 6.42 Å². The van der Waals surface area contributed by atoms with Crippen LogP contribution in [0.5, 0.6) is 0 Å². The van der Waals surface area contributed by atoms with Gasteiger partial charge in [0.05, 0.1) is 17.6 Å². The fourth-order valence-electron chi connectivity index (χ4n) is 1.80. The van der Waals surface area contributed by atoms with Crippen molar-refractivity contribution in [3.63, 3.8) is 0 Å². The van der Waals surface area contributed by atoms with Gasteiger partial charge >= 0.3 is 5.69 Å². The molecular weight excluding hydrogens is 236 g/mol. The van der Waals surface area contributed by atoms with Gasteiger partial charge < -0.3 is 10.4 Å². The molecule has 2 N–H and O–H groups in total. The Bertz CT molecular complexity index is 413. The number of anilines is 1. The van der Waals surface area contributed by atoms with Gasteiger partial charge in [-0.15, -0.1) is 0 Å². The molecule has 0 saturated carbocycles. The average Bonchev–Trinajstić information content (AvgIpc) is 2.63. The summed E-state index contributed by atoms with van der Waals surface area (Å²) in [7, 11) is 1.67. The Hall–Kier alpha value is -1.63. The molecule has 1 aromatic heterocycles. The van der Waals surface area contributed by atoms with Crippen molar-refractivity contribution < 1.29 is 10.0 Å². The first-order valence-corrected chi connectivity index (χ1v) is 6.12. The van der Waals surface area contributed by atoms with Crippen LogP contribution in [0.15, 0.2) is 0 Å². The third-order valence-electron chi connectivity index (χ3n) is 2.82. The van der Waals surface area contributed by atoms with Gasteiger partial charge in [0.15, 0.2) is 0 Å². The van der Waals surface area contributed by atoms with E-state index in [4.69, 9.17) is 5.11 Å². The molecule has 0 aliphatic heterocycles. The minimum atomic E-state index is -0.412. The predicted octanol–water partition coefficient (Wildman–Crippen LogP) is 1.46. The second-order valence-corrected chi connectivity index (χ2v) is 4.21. The highest BCUT2D eigenvalue weighted by molar-refractivity contribution is 5.60. The normalized spacial score (nSPS) is 12.4. The molecule has 0 aliphatic rings. The number of aryl methyl sites for hydroxylation is 2. The summed E-state index contributed by atoms with van der Waals surface area (Å²) in [5.41, 5.74) is 0.506. The SMILES string of the molecule is CCCc1nn(C)c(NC(CC)CO)c1[N+](=O)[O-]. The molecule has 0 spiro atoms. The minimum absolute atomic E-state index is 0.0197. The molecule has 1 atom stereocenters. The summed E-state index contributed by atoms with van der Waals surface area (Å²) in [5.74, 6) is 0.365. The Labute approximate surface area is 106 Å². The first kappa shape index (κ1) is 14.4. The van der Waals surface area contributed by atoms with Gasteiger partial charge in [-0.1, -0.05) is 20.3 Å². The van der Waals surface area contributed by atoms with Gasteiger partial charge in [-0.25, -0.2) is 4.68 Å². The Morgan fingerprint density at radius 1 is 1.56 bits per heavy atom. The van der Waals surface area contributed by atoms with Crippen LogP contribution in [-0.4, -0.2) is 32.5 Å². The number of aromatic nitrogens is 2. The summed E-state index contributed by atoms with van der Waals surface area (Å²) in [5, 5.41) is 27.5. The van der Waals surface area contributed by atoms with Crippen LogP contribution in [0.3, 0.4) is 0 Å². The highest BCUT2D eigenvalue weighted by Crippen LogP contribution is 2.29. The van der Waals surface area contributed by atoms with Crippen molar-refractivity contribution in [3.8, 4) is 0 Å². The first-order chi connectivity index (χ1) is 8.54. The second kappa shape index (κ2) is 6.34. The summed E-state index contributed by atoms with van der Waals surface area (Å²) in [4.78, 5) is 10.7. The summed E-state index contributed by atoms with van der Waals surface area (Å²) in [6.07, 6.45) is 2.05. The first-order valence-electron chi connectivity index (χ1n) is 6.12. The van der Waals surface area contributed by atoms with Gasteiger partial charge in [0.1, 0.15) is 5.69 Å². The molecule has 1 rings (SSSR count). The predicted molar refractivity (Wildman–Crippen MR) is 68.6 cm³/mol. The lowest BCUT2D eigenvalue weighted by atomic mass is 10.2. The quantitative estimate of drug-likeness (QED) is 0.569. The van der Waals surface area contributed by atoms with E-state index in [9.17, 15) is 10.1 Å². The van der Waals surface area contributed by atoms with E-state index >= 15 is 0 Å². The standard InChI is InChI=1S/C11H20N4O3/c1-4-6-9-10(15(17)18)11(14(3)13-9)12-8(5-2)7-16/h8,12,16H,4-7H2,1-3H3. The van der Waals surface area contributed by atoms with Crippen LogP contribution in [0.25, 0.3) is 0 Å². The van der Waals surface area contributed by atoms with E-state index in [1.165, 1.54) is 4.68 Å². The van der Waals surface area contributed by atoms with Crippen LogP contribution in [-0.2, 0) is 13.5 Å². The molecule has 7 heteroatoms. The molecule has 0 amide bonds. The monoisotopic (exact) mass is 256 g/mol. The van der Waals surface area contributed by atoms with Crippen molar-refractivity contribution in [1.82, 2.24) is 9.78 Å². The molecule has 0 aromatic carbocycles. The number of nitro groups is 1. The zero-order chi connectivity index (χ0) is 13.7. The lowest BCUT2D eigenvalue weighted by molar-refractivity contribution is -0.384. The summed E-state index contributed by atoms with van der Waals surface area (Å²) < 4.78 is 1.47. The van der Waals surface area contributed by atoms with Crippen molar-refractivity contribution in [1.29, 1.82) is 0 Å². The summed E-state index contributed by atoms with van der Waals surface area (Å²) >= 11 is 0. The number of nitrogens with zero attached hydrogens (tertiary/aromatic N) is 3. The zero-order valence-corrected chi connectivity index (χ0v) is 11.0. The molecule has 0 saturated heterocycles. The molecule has 0 radical (unpaired) electrons. The summed E-state index contributed by atoms with van der Waals surface area (Å²) in [6.45, 7) is 3.79. The zero-order valence-electron chi connectivity index (χ0n) is 11.0. The van der Waals surface area contributed by atoms with Crippen molar-refractivity contribution in [2.45, 2.75) is 39.2 Å². The number of nitrogens with one attached hydrogen (secondary N) is 1. The van der Waals surface area contributed by atoms with Gasteiger partial charge in [0.25, 0.3) is 0 Å². The van der Waals surface area contributed by atoms with Crippen molar-refractivity contribution in [2.24, 2.45) is 7.05 Å². The maximum atomic E-state index is 11.1. The maximum Gasteiger partial charge on any atom is 0.334 e. The molecule has 1 heterocycles. The van der Waals surface area contributed by atoms with Crippen LogP contribution >= 0.6 is 0 Å². The summed E-state index contributed by atoms with van der Waals surface area (Å²) in [6, 6.07) is -0.200. The smallest absolute Gasteiger partial charge is 0.334 e. The van der Waals surface area contributed by atoms with E-state index in [1.54, 1.807) is 7.05 Å². The van der Waals surface area contributed by atoms with E-state index in [0.29, 0.717) is 24.4 Å². The molecule has 7 nitrogen and oxygen atoms in total. The van der Waals surface area contributed by atoms with E-state index in [-0.39, 0.29) is 18.3 Å². The lowest BCUT2D eigenvalue weighted by Gasteiger charge is -2.14. The molecule has 0 bridgehead atoms. The maximum absolute atomic E-state index is 11.1. The number of aliphatic hydroxyl groups excluding tert-OH is 1. The molecule has 18 heavy (non-hydrogen) atoms. The fourth-order valence-corrected chi connectivity index (χ4v) is 1.80. The van der Waals surface area contributed by atoms with Crippen molar-refractivity contribution in [2.75, 3.05) is 11.9 Å². The Morgan fingerprint density at radius 3 is 2.67 bits per heavy atom. The molecular formula is C11H20N4O3. The number of rotatable bonds is 7. The van der Waals surface area contributed by atoms with E-state index in [1.807, 2.05) is 13.8 Å². The number of aliphatic hydroxyl groups is 1. The highest BCUT2D eigenvalue weighted by atomic mass is 16.6. The van der Waals surface area contributed by atoms with Crippen LogP contribution in [0.1, 0.15) is 32.4 Å². The minimum Gasteiger partial charge on any atom is -0.394 e. The van der Waals surface area contributed by atoms with Crippen molar-refractivity contribution in [3.05, 3.63) is 15.8 Å². The van der Waals surface area contributed by atoms with Crippen molar-refractivity contribution >= 4 is 11.5 Å². The molecule has 1 unspecified atom stereocenters. The third kappa shape index (κ3) is 2.98. The van der Waals surface area contributed by atoms with E-state index in [2.05, 4.69) is 10.4 Å².